The lowest BCUT2D eigenvalue weighted by Crippen LogP contribution is -3.14. The molecule has 2 rings (SSSR count). The van der Waals surface area contributed by atoms with Crippen molar-refractivity contribution < 1.29 is 18.9 Å². The van der Waals surface area contributed by atoms with E-state index in [9.17, 15) is 9.59 Å². The van der Waals surface area contributed by atoms with Crippen LogP contribution in [-0.2, 0) is 4.79 Å². The van der Waals surface area contributed by atoms with Crippen LogP contribution in [0.3, 0.4) is 0 Å². The van der Waals surface area contributed by atoms with Crippen molar-refractivity contribution in [1.29, 1.82) is 0 Å². The summed E-state index contributed by atoms with van der Waals surface area (Å²) in [4.78, 5) is 28.4. The number of rotatable bonds is 6. The van der Waals surface area contributed by atoms with Gasteiger partial charge in [-0.3, -0.25) is 9.59 Å². The molecule has 1 saturated heterocycles. The van der Waals surface area contributed by atoms with Crippen LogP contribution in [0.2, 0.25) is 0 Å². The number of carbonyl (C=O) groups is 2. The van der Waals surface area contributed by atoms with E-state index in [1.165, 1.54) is 6.26 Å². The van der Waals surface area contributed by atoms with Gasteiger partial charge in [0.25, 0.3) is 5.91 Å². The van der Waals surface area contributed by atoms with Gasteiger partial charge in [-0.05, 0) is 24.5 Å². The molecule has 6 heteroatoms. The third kappa shape index (κ3) is 4.58. The van der Waals surface area contributed by atoms with Crippen molar-refractivity contribution in [2.24, 2.45) is 5.92 Å². The molecule has 0 spiro atoms. The van der Waals surface area contributed by atoms with Gasteiger partial charge in [0.05, 0.1) is 39.0 Å². The zero-order valence-electron chi connectivity index (χ0n) is 14.3. The number of quaternary nitrogens is 1. The van der Waals surface area contributed by atoms with Crippen LogP contribution in [0.5, 0.6) is 0 Å². The molecule has 0 saturated carbocycles. The van der Waals surface area contributed by atoms with Gasteiger partial charge in [-0.1, -0.05) is 20.8 Å². The fourth-order valence-electron chi connectivity index (χ4n) is 2.98. The summed E-state index contributed by atoms with van der Waals surface area (Å²) >= 11 is 0. The Balaban J connectivity index is 1.95. The van der Waals surface area contributed by atoms with Crippen molar-refractivity contribution >= 4 is 11.8 Å². The zero-order valence-corrected chi connectivity index (χ0v) is 14.3. The largest absolute Gasteiger partial charge is 0.459 e. The van der Waals surface area contributed by atoms with Gasteiger partial charge in [0.15, 0.2) is 5.76 Å². The summed E-state index contributed by atoms with van der Waals surface area (Å²) in [5.74, 6) is -0.0594. The Morgan fingerprint density at radius 2 is 2.04 bits per heavy atom. The monoisotopic (exact) mass is 322 g/mol. The Labute approximate surface area is 137 Å². The molecular formula is C17H28N3O3+. The van der Waals surface area contributed by atoms with Gasteiger partial charge < -0.3 is 19.5 Å². The fourth-order valence-corrected chi connectivity index (χ4v) is 2.98. The Morgan fingerprint density at radius 1 is 1.35 bits per heavy atom. The quantitative estimate of drug-likeness (QED) is 0.785. The molecule has 1 atom stereocenters. The summed E-state index contributed by atoms with van der Waals surface area (Å²) in [6, 6.07) is 2.75. The standard InChI is InChI=1S/C17H27N3O3/c1-4-7-19-8-10-20(11-9-19)17(22)15(13(2)3)18-16(21)14-6-5-12-23-14/h5-6,12-13,15H,4,7-11H2,1-3H3,(H,18,21)/p+1/t15-/m1/s1. The molecule has 1 fully saturated rings. The lowest BCUT2D eigenvalue weighted by Gasteiger charge is -2.35. The van der Waals surface area contributed by atoms with Crippen LogP contribution in [-0.4, -0.2) is 55.5 Å². The number of carbonyl (C=O) groups excluding carboxylic acids is 2. The molecule has 6 nitrogen and oxygen atoms in total. The molecule has 23 heavy (non-hydrogen) atoms. The van der Waals surface area contributed by atoms with Crippen LogP contribution in [0, 0.1) is 5.92 Å². The Morgan fingerprint density at radius 3 is 2.57 bits per heavy atom. The average molecular weight is 322 g/mol. The van der Waals surface area contributed by atoms with E-state index < -0.39 is 6.04 Å². The van der Waals surface area contributed by atoms with E-state index in [1.807, 2.05) is 18.7 Å². The first-order chi connectivity index (χ1) is 11.0. The normalized spacial score (nSPS) is 17.3. The van der Waals surface area contributed by atoms with Gasteiger partial charge >= 0.3 is 0 Å². The van der Waals surface area contributed by atoms with Crippen LogP contribution in [0.25, 0.3) is 0 Å². The molecule has 1 aromatic rings. The zero-order chi connectivity index (χ0) is 16.8. The van der Waals surface area contributed by atoms with E-state index in [1.54, 1.807) is 17.0 Å². The van der Waals surface area contributed by atoms with E-state index in [0.29, 0.717) is 0 Å². The molecule has 2 amide bonds. The van der Waals surface area contributed by atoms with Gasteiger partial charge in [-0.15, -0.1) is 0 Å². The molecular weight excluding hydrogens is 294 g/mol. The van der Waals surface area contributed by atoms with Gasteiger partial charge in [-0.2, -0.15) is 0 Å². The van der Waals surface area contributed by atoms with Crippen molar-refractivity contribution in [3.63, 3.8) is 0 Å². The van der Waals surface area contributed by atoms with E-state index in [0.717, 1.165) is 39.1 Å². The first kappa shape index (κ1) is 17.5. The number of piperazine rings is 1. The number of nitrogens with zero attached hydrogens (tertiary/aromatic N) is 1. The van der Waals surface area contributed by atoms with Crippen molar-refractivity contribution in [2.75, 3.05) is 32.7 Å². The average Bonchev–Trinajstić information content (AvgIpc) is 3.07. The maximum atomic E-state index is 12.8. The van der Waals surface area contributed by atoms with Crippen molar-refractivity contribution in [3.8, 4) is 0 Å². The van der Waals surface area contributed by atoms with Crippen LogP contribution in [0.1, 0.15) is 37.7 Å². The van der Waals surface area contributed by atoms with Crippen LogP contribution in [0.4, 0.5) is 0 Å². The second-order valence-corrected chi connectivity index (χ2v) is 6.50. The molecule has 0 bridgehead atoms. The Kier molecular flexibility index (Phi) is 6.21. The molecule has 1 aromatic heterocycles. The summed E-state index contributed by atoms with van der Waals surface area (Å²) in [7, 11) is 0. The van der Waals surface area contributed by atoms with Crippen molar-refractivity contribution in [3.05, 3.63) is 24.2 Å². The molecule has 128 valence electrons. The molecule has 1 aliphatic heterocycles. The molecule has 1 aliphatic rings. The first-order valence-corrected chi connectivity index (χ1v) is 8.49. The van der Waals surface area contributed by atoms with Crippen LogP contribution >= 0.6 is 0 Å². The molecule has 2 heterocycles. The third-order valence-corrected chi connectivity index (χ3v) is 4.35. The molecule has 0 aliphatic carbocycles. The van der Waals surface area contributed by atoms with Gasteiger partial charge in [0.1, 0.15) is 6.04 Å². The smallest absolute Gasteiger partial charge is 0.287 e. The minimum absolute atomic E-state index is 0.00968. The highest BCUT2D eigenvalue weighted by atomic mass is 16.3. The van der Waals surface area contributed by atoms with Crippen LogP contribution in [0.15, 0.2) is 22.8 Å². The lowest BCUT2D eigenvalue weighted by molar-refractivity contribution is -0.904. The maximum absolute atomic E-state index is 12.8. The molecule has 0 radical (unpaired) electrons. The minimum atomic E-state index is -0.514. The predicted octanol–water partition coefficient (Wildman–Crippen LogP) is 0.171. The maximum Gasteiger partial charge on any atom is 0.287 e. The van der Waals surface area contributed by atoms with Crippen LogP contribution < -0.4 is 10.2 Å². The molecule has 0 unspecified atom stereocenters. The lowest BCUT2D eigenvalue weighted by atomic mass is 10.0. The van der Waals surface area contributed by atoms with E-state index in [-0.39, 0.29) is 23.5 Å². The second kappa shape index (κ2) is 8.15. The minimum Gasteiger partial charge on any atom is -0.459 e. The SMILES string of the molecule is CCC[NH+]1CCN(C(=O)[C@H](NC(=O)c2ccco2)C(C)C)CC1. The second-order valence-electron chi connectivity index (χ2n) is 6.50. The van der Waals surface area contributed by atoms with E-state index in [2.05, 4.69) is 12.2 Å². The van der Waals surface area contributed by atoms with Gasteiger partial charge in [0, 0.05) is 0 Å². The highest BCUT2D eigenvalue weighted by molar-refractivity contribution is 5.95. The van der Waals surface area contributed by atoms with E-state index >= 15 is 0 Å². The number of nitrogens with one attached hydrogen (secondary N) is 2. The Bertz CT molecular complexity index is 505. The Hall–Kier alpha value is -1.82. The first-order valence-electron chi connectivity index (χ1n) is 8.49. The third-order valence-electron chi connectivity index (χ3n) is 4.35. The van der Waals surface area contributed by atoms with Crippen molar-refractivity contribution in [1.82, 2.24) is 10.2 Å². The van der Waals surface area contributed by atoms with Gasteiger partial charge in [0.2, 0.25) is 5.91 Å². The summed E-state index contributed by atoms with van der Waals surface area (Å²) in [5, 5.41) is 2.82. The summed E-state index contributed by atoms with van der Waals surface area (Å²) in [5.41, 5.74) is 0. The van der Waals surface area contributed by atoms with Gasteiger partial charge in [-0.25, -0.2) is 0 Å². The summed E-state index contributed by atoms with van der Waals surface area (Å²) < 4.78 is 5.10. The topological polar surface area (TPSA) is 67.0 Å². The number of furan rings is 1. The summed E-state index contributed by atoms with van der Waals surface area (Å²) in [6.07, 6.45) is 2.62. The van der Waals surface area contributed by atoms with E-state index in [4.69, 9.17) is 4.42 Å². The number of amides is 2. The fraction of sp³-hybridized carbons (Fsp3) is 0.647. The van der Waals surface area contributed by atoms with Crippen molar-refractivity contribution in [2.45, 2.75) is 33.2 Å². The predicted molar refractivity (Wildman–Crippen MR) is 87.2 cm³/mol. The summed E-state index contributed by atoms with van der Waals surface area (Å²) in [6.45, 7) is 10.7. The number of hydrogen-bond donors (Lipinski definition) is 2. The molecule has 0 aromatic carbocycles. The number of hydrogen-bond acceptors (Lipinski definition) is 3. The highest BCUT2D eigenvalue weighted by Gasteiger charge is 2.32. The highest BCUT2D eigenvalue weighted by Crippen LogP contribution is 2.09. The molecule has 2 N–H and O–H groups in total.